The van der Waals surface area contributed by atoms with Gasteiger partial charge in [0.25, 0.3) is 5.91 Å². The molecule has 0 amide bonds. The highest BCUT2D eigenvalue weighted by Gasteiger charge is 2.20. The van der Waals surface area contributed by atoms with Crippen molar-refractivity contribution < 1.29 is 4.79 Å². The Hall–Kier alpha value is -1.19. The van der Waals surface area contributed by atoms with Crippen LogP contribution in [0.1, 0.15) is 121 Å². The second kappa shape index (κ2) is 16.0. The number of rotatable bonds is 17. The zero-order chi connectivity index (χ0) is 18.9. The van der Waals surface area contributed by atoms with Crippen LogP contribution in [0, 0.1) is 5.92 Å². The second-order valence-corrected chi connectivity index (χ2v) is 7.70. The van der Waals surface area contributed by atoms with Gasteiger partial charge in [-0.05, 0) is 12.8 Å². The van der Waals surface area contributed by atoms with Crippen LogP contribution in [0.4, 0.5) is 0 Å². The number of carbonyl (C=O) groups excluding carboxylic acids is 1. The van der Waals surface area contributed by atoms with Crippen molar-refractivity contribution in [2.45, 2.75) is 117 Å². The summed E-state index contributed by atoms with van der Waals surface area (Å²) in [6, 6.07) is 0. The second-order valence-electron chi connectivity index (χ2n) is 7.70. The molecule has 4 heteroatoms. The van der Waals surface area contributed by atoms with Crippen molar-refractivity contribution in [3.8, 4) is 0 Å². The van der Waals surface area contributed by atoms with E-state index >= 15 is 0 Å². The van der Waals surface area contributed by atoms with E-state index in [2.05, 4.69) is 23.9 Å². The Morgan fingerprint density at radius 2 is 1.23 bits per heavy atom. The molecule has 150 valence electrons. The lowest BCUT2D eigenvalue weighted by Gasteiger charge is -2.15. The molecule has 1 atom stereocenters. The summed E-state index contributed by atoms with van der Waals surface area (Å²) in [5.74, 6) is 0.252. The molecule has 1 heterocycles. The van der Waals surface area contributed by atoms with Crippen LogP contribution in [0.15, 0.2) is 12.7 Å². The minimum absolute atomic E-state index is 0.114. The molecule has 1 unspecified atom stereocenters. The van der Waals surface area contributed by atoms with Crippen LogP contribution in [0.25, 0.3) is 0 Å². The first-order chi connectivity index (χ1) is 12.8. The van der Waals surface area contributed by atoms with E-state index in [1.165, 1.54) is 88.1 Å². The fourth-order valence-corrected chi connectivity index (χ4v) is 3.60. The van der Waals surface area contributed by atoms with Crippen molar-refractivity contribution in [1.29, 1.82) is 0 Å². The van der Waals surface area contributed by atoms with Crippen molar-refractivity contribution in [3.05, 3.63) is 12.7 Å². The molecular formula is C22H41N3O. The number of nitrogens with zero attached hydrogens (tertiary/aromatic N) is 3. The molecular weight excluding hydrogens is 322 g/mol. The average molecular weight is 364 g/mol. The summed E-state index contributed by atoms with van der Waals surface area (Å²) in [4.78, 5) is 16.6. The minimum atomic E-state index is 0.114. The maximum Gasteiger partial charge on any atom is 0.251 e. The summed E-state index contributed by atoms with van der Waals surface area (Å²) in [5, 5.41) is 4.05. The van der Waals surface area contributed by atoms with Gasteiger partial charge in [0.15, 0.2) is 0 Å². The van der Waals surface area contributed by atoms with Gasteiger partial charge in [0.2, 0.25) is 0 Å². The summed E-state index contributed by atoms with van der Waals surface area (Å²) in [7, 11) is 0. The number of hydrogen-bond acceptors (Lipinski definition) is 3. The van der Waals surface area contributed by atoms with Crippen LogP contribution < -0.4 is 0 Å². The van der Waals surface area contributed by atoms with Crippen LogP contribution in [0.5, 0.6) is 0 Å². The maximum atomic E-state index is 12.7. The van der Waals surface area contributed by atoms with Gasteiger partial charge in [0.05, 0.1) is 0 Å². The Balaban J connectivity index is 2.26. The summed E-state index contributed by atoms with van der Waals surface area (Å²) < 4.78 is 1.44. The summed E-state index contributed by atoms with van der Waals surface area (Å²) in [6.45, 7) is 4.51. The molecule has 0 bridgehead atoms. The molecule has 1 rings (SSSR count). The van der Waals surface area contributed by atoms with E-state index in [1.807, 2.05) is 0 Å². The summed E-state index contributed by atoms with van der Waals surface area (Å²) >= 11 is 0. The molecule has 26 heavy (non-hydrogen) atoms. The highest BCUT2D eigenvalue weighted by atomic mass is 16.2. The first-order valence-corrected chi connectivity index (χ1v) is 11.2. The Morgan fingerprint density at radius 3 is 1.65 bits per heavy atom. The lowest BCUT2D eigenvalue weighted by molar-refractivity contribution is 0.0797. The molecule has 4 nitrogen and oxygen atoms in total. The van der Waals surface area contributed by atoms with E-state index in [0.29, 0.717) is 0 Å². The fraction of sp³-hybridized carbons (Fsp3) is 0.864. The zero-order valence-corrected chi connectivity index (χ0v) is 17.3. The molecule has 0 N–H and O–H groups in total. The highest BCUT2D eigenvalue weighted by Crippen LogP contribution is 2.21. The minimum Gasteiger partial charge on any atom is -0.272 e. The monoisotopic (exact) mass is 363 g/mol. The first kappa shape index (κ1) is 22.9. The Morgan fingerprint density at radius 1 is 0.769 bits per heavy atom. The molecule has 0 aliphatic carbocycles. The van der Waals surface area contributed by atoms with Gasteiger partial charge in [0, 0.05) is 5.92 Å². The zero-order valence-electron chi connectivity index (χ0n) is 17.3. The average Bonchev–Trinajstić information content (AvgIpc) is 3.19. The fourth-order valence-electron chi connectivity index (χ4n) is 3.60. The molecule has 0 aliphatic heterocycles. The molecule has 0 spiro atoms. The van der Waals surface area contributed by atoms with Crippen molar-refractivity contribution in [3.63, 3.8) is 0 Å². The number of unbranched alkanes of at least 4 members (excludes halogenated alkanes) is 12. The lowest BCUT2D eigenvalue weighted by Crippen LogP contribution is -2.22. The molecule has 1 aromatic rings. The molecule has 0 aromatic carbocycles. The molecule has 1 aromatic heterocycles. The van der Waals surface area contributed by atoms with Crippen molar-refractivity contribution in [1.82, 2.24) is 14.8 Å². The van der Waals surface area contributed by atoms with Gasteiger partial charge in [0.1, 0.15) is 12.7 Å². The smallest absolute Gasteiger partial charge is 0.251 e. The lowest BCUT2D eigenvalue weighted by atomic mass is 9.93. The normalized spacial score (nSPS) is 12.4. The van der Waals surface area contributed by atoms with E-state index in [9.17, 15) is 4.79 Å². The third kappa shape index (κ3) is 10.7. The SMILES string of the molecule is CCCCCCCCCCC(CCCCCCCC)C(=O)n1cncn1. The Labute approximate surface area is 161 Å². The van der Waals surface area contributed by atoms with Gasteiger partial charge in [-0.25, -0.2) is 4.98 Å². The van der Waals surface area contributed by atoms with E-state index < -0.39 is 0 Å². The number of carbonyl (C=O) groups is 1. The third-order valence-electron chi connectivity index (χ3n) is 5.31. The number of aromatic nitrogens is 3. The predicted molar refractivity (Wildman–Crippen MR) is 109 cm³/mol. The molecule has 0 aliphatic rings. The Kier molecular flexibility index (Phi) is 14.1. The van der Waals surface area contributed by atoms with Crippen LogP contribution in [-0.4, -0.2) is 20.7 Å². The molecule has 0 fully saturated rings. The molecule has 0 radical (unpaired) electrons. The summed E-state index contributed by atoms with van der Waals surface area (Å²) in [5.41, 5.74) is 0. The largest absolute Gasteiger partial charge is 0.272 e. The van der Waals surface area contributed by atoms with E-state index in [1.54, 1.807) is 6.33 Å². The van der Waals surface area contributed by atoms with Crippen molar-refractivity contribution >= 4 is 5.91 Å². The van der Waals surface area contributed by atoms with Crippen molar-refractivity contribution in [2.24, 2.45) is 5.92 Å². The van der Waals surface area contributed by atoms with Crippen LogP contribution in [0.3, 0.4) is 0 Å². The van der Waals surface area contributed by atoms with Crippen LogP contribution >= 0.6 is 0 Å². The van der Waals surface area contributed by atoms with E-state index in [-0.39, 0.29) is 11.8 Å². The predicted octanol–water partition coefficient (Wildman–Crippen LogP) is 6.82. The third-order valence-corrected chi connectivity index (χ3v) is 5.31. The van der Waals surface area contributed by atoms with Gasteiger partial charge in [-0.1, -0.05) is 104 Å². The van der Waals surface area contributed by atoms with Crippen molar-refractivity contribution in [2.75, 3.05) is 0 Å². The molecule has 0 saturated carbocycles. The quantitative estimate of drug-likeness (QED) is 0.285. The van der Waals surface area contributed by atoms with Gasteiger partial charge < -0.3 is 0 Å². The Bertz CT molecular complexity index is 431. The van der Waals surface area contributed by atoms with Gasteiger partial charge in [-0.3, -0.25) is 4.79 Å². The maximum absolute atomic E-state index is 12.7. The van der Waals surface area contributed by atoms with Gasteiger partial charge >= 0.3 is 0 Å². The van der Waals surface area contributed by atoms with E-state index in [4.69, 9.17) is 0 Å². The first-order valence-electron chi connectivity index (χ1n) is 11.2. The molecule has 0 saturated heterocycles. The van der Waals surface area contributed by atoms with Gasteiger partial charge in [-0.2, -0.15) is 9.78 Å². The van der Waals surface area contributed by atoms with Crippen LogP contribution in [-0.2, 0) is 0 Å². The number of hydrogen-bond donors (Lipinski definition) is 0. The van der Waals surface area contributed by atoms with E-state index in [0.717, 1.165) is 25.7 Å². The standard InChI is InChI=1S/C22H41N3O/c1-3-5-7-9-11-12-14-16-18-21(17-15-13-10-8-6-4-2)22(26)25-20-23-19-24-25/h19-21H,3-18H2,1-2H3. The summed E-state index contributed by atoms with van der Waals surface area (Å²) in [6.07, 6.45) is 23.2. The highest BCUT2D eigenvalue weighted by molar-refractivity contribution is 5.80. The topological polar surface area (TPSA) is 47.8 Å². The van der Waals surface area contributed by atoms with Gasteiger partial charge in [-0.15, -0.1) is 0 Å². The van der Waals surface area contributed by atoms with Crippen LogP contribution in [0.2, 0.25) is 0 Å².